The van der Waals surface area contributed by atoms with E-state index < -0.39 is 5.41 Å². The van der Waals surface area contributed by atoms with Gasteiger partial charge in [0, 0.05) is 41.8 Å². The molecule has 0 N–H and O–H groups in total. The minimum absolute atomic E-state index is 0.679. The van der Waals surface area contributed by atoms with E-state index in [0.29, 0.717) is 0 Å². The Kier molecular flexibility index (Phi) is 5.53. The van der Waals surface area contributed by atoms with Crippen LogP contribution in [0.1, 0.15) is 22.3 Å². The molecule has 5 heterocycles. The van der Waals surface area contributed by atoms with Crippen LogP contribution in [-0.4, -0.2) is 19.1 Å². The summed E-state index contributed by atoms with van der Waals surface area (Å²) < 4.78 is 4.61. The van der Waals surface area contributed by atoms with Crippen LogP contribution < -0.4 is 4.90 Å². The van der Waals surface area contributed by atoms with Gasteiger partial charge in [-0.15, -0.1) is 0 Å². The topological polar surface area (TPSA) is 38.9 Å². The Hall–Kier alpha value is -6.72. The maximum Gasteiger partial charge on any atom is 0.0937 e. The number of fused-ring (bicyclic) bond motifs is 11. The van der Waals surface area contributed by atoms with E-state index in [4.69, 9.17) is 9.97 Å². The molecule has 0 saturated heterocycles. The van der Waals surface area contributed by atoms with Crippen LogP contribution in [0.2, 0.25) is 0 Å². The average molecular weight is 640 g/mol. The molecule has 2 aliphatic rings. The van der Waals surface area contributed by atoms with Crippen molar-refractivity contribution in [1.29, 1.82) is 0 Å². The molecule has 9 aromatic rings. The van der Waals surface area contributed by atoms with Crippen molar-refractivity contribution in [2.45, 2.75) is 5.41 Å². The molecule has 1 spiro atoms. The Balaban J connectivity index is 1.29. The van der Waals surface area contributed by atoms with Crippen molar-refractivity contribution in [2.24, 2.45) is 0 Å². The molecule has 1 aliphatic carbocycles. The van der Waals surface area contributed by atoms with Crippen molar-refractivity contribution in [2.75, 3.05) is 4.90 Å². The Bertz CT molecular complexity index is 2620. The molecule has 0 radical (unpaired) electrons. The second kappa shape index (κ2) is 10.1. The van der Waals surface area contributed by atoms with Gasteiger partial charge in [0.15, 0.2) is 0 Å². The van der Waals surface area contributed by atoms with E-state index in [0.717, 1.165) is 51.0 Å². The fourth-order valence-electron chi connectivity index (χ4n) is 8.60. The van der Waals surface area contributed by atoms with Gasteiger partial charge in [0.05, 0.1) is 39.2 Å². The van der Waals surface area contributed by atoms with Crippen LogP contribution in [0.15, 0.2) is 176 Å². The van der Waals surface area contributed by atoms with Crippen LogP contribution in [0.5, 0.6) is 0 Å². The predicted octanol–water partition coefficient (Wildman–Crippen LogP) is 10.5. The summed E-state index contributed by atoms with van der Waals surface area (Å²) in [7, 11) is 0. The fraction of sp³-hybridized carbons (Fsp3) is 0.0222. The van der Waals surface area contributed by atoms with Crippen molar-refractivity contribution in [1.82, 2.24) is 19.1 Å². The third kappa shape index (κ3) is 3.55. The number of anilines is 3. The van der Waals surface area contributed by atoms with Gasteiger partial charge in [-0.1, -0.05) is 66.7 Å². The summed E-state index contributed by atoms with van der Waals surface area (Å²) in [4.78, 5) is 12.5. The Labute approximate surface area is 289 Å². The molecule has 0 bridgehead atoms. The molecular formula is C45H29N5. The highest BCUT2D eigenvalue weighted by Crippen LogP contribution is 2.63. The lowest BCUT2D eigenvalue weighted by atomic mass is 9.64. The van der Waals surface area contributed by atoms with Crippen molar-refractivity contribution < 1.29 is 0 Å². The van der Waals surface area contributed by atoms with Crippen molar-refractivity contribution in [3.63, 3.8) is 0 Å². The first-order chi connectivity index (χ1) is 24.8. The van der Waals surface area contributed by atoms with Crippen LogP contribution in [0.3, 0.4) is 0 Å². The molecular weight excluding hydrogens is 611 g/mol. The molecule has 1 aliphatic heterocycles. The minimum Gasteiger partial charge on any atom is -0.317 e. The van der Waals surface area contributed by atoms with Gasteiger partial charge in [0.25, 0.3) is 0 Å². The second-order valence-electron chi connectivity index (χ2n) is 13.1. The van der Waals surface area contributed by atoms with Gasteiger partial charge >= 0.3 is 0 Å². The largest absolute Gasteiger partial charge is 0.317 e. The van der Waals surface area contributed by atoms with E-state index in [2.05, 4.69) is 178 Å². The van der Waals surface area contributed by atoms with Crippen LogP contribution >= 0.6 is 0 Å². The van der Waals surface area contributed by atoms with Crippen molar-refractivity contribution in [3.8, 4) is 22.8 Å². The molecule has 0 fully saturated rings. The zero-order valence-corrected chi connectivity index (χ0v) is 27.0. The number of hydrogen-bond acceptors (Lipinski definition) is 3. The Morgan fingerprint density at radius 3 is 1.44 bits per heavy atom. The number of aromatic nitrogens is 4. The molecule has 0 atom stereocenters. The Morgan fingerprint density at radius 2 is 0.900 bits per heavy atom. The highest BCUT2D eigenvalue weighted by Gasteiger charge is 2.53. The van der Waals surface area contributed by atoms with E-state index in [1.807, 2.05) is 12.4 Å². The molecule has 11 rings (SSSR count). The third-order valence-corrected chi connectivity index (χ3v) is 10.7. The molecule has 0 unspecified atom stereocenters. The molecule has 0 amide bonds. The zero-order chi connectivity index (χ0) is 32.8. The van der Waals surface area contributed by atoms with E-state index in [-0.39, 0.29) is 0 Å². The number of hydrogen-bond donors (Lipinski definition) is 0. The number of para-hydroxylation sites is 3. The summed E-state index contributed by atoms with van der Waals surface area (Å²) >= 11 is 0. The van der Waals surface area contributed by atoms with Crippen LogP contribution in [0.25, 0.3) is 44.6 Å². The van der Waals surface area contributed by atoms with Crippen LogP contribution in [-0.2, 0) is 5.41 Å². The van der Waals surface area contributed by atoms with Gasteiger partial charge in [-0.25, -0.2) is 0 Å². The summed E-state index contributed by atoms with van der Waals surface area (Å²) in [5, 5.41) is 2.43. The normalized spacial score (nSPS) is 13.7. The highest BCUT2D eigenvalue weighted by molar-refractivity contribution is 5.95. The maximum atomic E-state index is 5.01. The van der Waals surface area contributed by atoms with Crippen molar-refractivity contribution >= 4 is 38.9 Å². The summed E-state index contributed by atoms with van der Waals surface area (Å²) in [6.45, 7) is 0. The Morgan fingerprint density at radius 1 is 0.400 bits per heavy atom. The first kappa shape index (κ1) is 27.3. The van der Waals surface area contributed by atoms with Gasteiger partial charge in [0.2, 0.25) is 0 Å². The monoisotopic (exact) mass is 639 g/mol. The standard InChI is InChI=1S/C45H29N5/c1-2-12-32(13-3-1)50-41-20-18-33(48-26-22-30-10-4-6-16-39(30)48)28-37(41)45(35-14-8-24-46-43(35)44-36(45)15-9-25-47-44)38-29-34(19-21-42(38)50)49-27-23-31-11-5-7-17-40(31)49/h1-29H. The van der Waals surface area contributed by atoms with Gasteiger partial charge in [0.1, 0.15) is 0 Å². The summed E-state index contributed by atoms with van der Waals surface area (Å²) in [6.07, 6.45) is 8.14. The van der Waals surface area contributed by atoms with E-state index in [1.54, 1.807) is 0 Å². The number of nitrogens with zero attached hydrogens (tertiary/aromatic N) is 5. The van der Waals surface area contributed by atoms with E-state index in [1.165, 1.54) is 32.9 Å². The van der Waals surface area contributed by atoms with E-state index >= 15 is 0 Å². The molecule has 5 nitrogen and oxygen atoms in total. The highest BCUT2D eigenvalue weighted by atomic mass is 15.2. The molecule has 5 heteroatoms. The van der Waals surface area contributed by atoms with Crippen molar-refractivity contribution in [3.05, 3.63) is 199 Å². The van der Waals surface area contributed by atoms with Crippen LogP contribution in [0, 0.1) is 0 Å². The molecule has 234 valence electrons. The van der Waals surface area contributed by atoms with Gasteiger partial charge in [-0.05, 0) is 118 Å². The molecule has 5 aromatic carbocycles. The zero-order valence-electron chi connectivity index (χ0n) is 27.0. The lowest BCUT2D eigenvalue weighted by Crippen LogP contribution is -2.36. The number of rotatable bonds is 3. The maximum absolute atomic E-state index is 5.01. The molecule has 4 aromatic heterocycles. The summed E-state index contributed by atoms with van der Waals surface area (Å²) in [5.74, 6) is 0. The van der Waals surface area contributed by atoms with Gasteiger partial charge < -0.3 is 14.0 Å². The van der Waals surface area contributed by atoms with Gasteiger partial charge in [-0.3, -0.25) is 9.97 Å². The van der Waals surface area contributed by atoms with Crippen LogP contribution in [0.4, 0.5) is 17.1 Å². The lowest BCUT2D eigenvalue weighted by molar-refractivity contribution is 0.746. The fourth-order valence-corrected chi connectivity index (χ4v) is 8.60. The first-order valence-electron chi connectivity index (χ1n) is 17.0. The van der Waals surface area contributed by atoms with Gasteiger partial charge in [-0.2, -0.15) is 0 Å². The summed E-state index contributed by atoms with van der Waals surface area (Å²) in [6, 6.07) is 54.8. The number of benzene rings is 5. The SMILES string of the molecule is c1ccc(N2c3ccc(-n4ccc5ccccc54)cc3C3(c4cc(-n5ccc6ccccc65)ccc42)c2cccnc2-c2ncccc23)cc1. The molecule has 0 saturated carbocycles. The summed E-state index contributed by atoms with van der Waals surface area (Å²) in [5.41, 5.74) is 13.8. The average Bonchev–Trinajstić information content (AvgIpc) is 3.89. The predicted molar refractivity (Wildman–Crippen MR) is 201 cm³/mol. The number of pyridine rings is 2. The first-order valence-corrected chi connectivity index (χ1v) is 17.0. The third-order valence-electron chi connectivity index (χ3n) is 10.7. The minimum atomic E-state index is -0.679. The smallest absolute Gasteiger partial charge is 0.0937 e. The second-order valence-corrected chi connectivity index (χ2v) is 13.1. The van der Waals surface area contributed by atoms with E-state index in [9.17, 15) is 0 Å². The lowest BCUT2D eigenvalue weighted by Gasteiger charge is -2.45. The quantitative estimate of drug-likeness (QED) is 0.193. The molecule has 50 heavy (non-hydrogen) atoms.